The molecule has 1 aliphatic heterocycles. The largest absolute Gasteiger partial charge is 0.494 e. The number of aromatic nitrogens is 2. The van der Waals surface area contributed by atoms with E-state index in [4.69, 9.17) is 9.47 Å². The number of nitrogens with one attached hydrogen (secondary N) is 1. The highest BCUT2D eigenvalue weighted by atomic mass is 16.5. The fraction of sp³-hybridized carbons (Fsp3) is 0.318. The second-order valence-electron chi connectivity index (χ2n) is 6.88. The van der Waals surface area contributed by atoms with E-state index in [2.05, 4.69) is 10.4 Å². The summed E-state index contributed by atoms with van der Waals surface area (Å²) in [5.41, 5.74) is 0.505. The zero-order valence-electron chi connectivity index (χ0n) is 16.3. The molecule has 2 heterocycles. The molecule has 0 radical (unpaired) electrons. The molecule has 1 saturated heterocycles. The second kappa shape index (κ2) is 8.45. The molecule has 1 atom stereocenters. The lowest BCUT2D eigenvalue weighted by Gasteiger charge is -2.13. The molecule has 29 heavy (non-hydrogen) atoms. The minimum Gasteiger partial charge on any atom is -0.494 e. The van der Waals surface area contributed by atoms with Crippen LogP contribution in [0.5, 0.6) is 5.75 Å². The number of carbonyl (C=O) groups excluding carboxylic acids is 1. The van der Waals surface area contributed by atoms with Crippen molar-refractivity contribution in [3.05, 3.63) is 64.6 Å². The van der Waals surface area contributed by atoms with E-state index in [0.717, 1.165) is 19.4 Å². The van der Waals surface area contributed by atoms with E-state index in [0.29, 0.717) is 35.4 Å². The minimum atomic E-state index is -0.323. The van der Waals surface area contributed by atoms with Crippen LogP contribution < -0.4 is 15.6 Å². The quantitative estimate of drug-likeness (QED) is 0.696. The van der Waals surface area contributed by atoms with Gasteiger partial charge in [0.05, 0.1) is 23.8 Å². The molecule has 1 fully saturated rings. The van der Waals surface area contributed by atoms with Crippen LogP contribution in [0, 0.1) is 0 Å². The summed E-state index contributed by atoms with van der Waals surface area (Å²) in [5.74, 6) is 0.385. The summed E-state index contributed by atoms with van der Waals surface area (Å²) >= 11 is 0. The zero-order valence-corrected chi connectivity index (χ0v) is 16.3. The third kappa shape index (κ3) is 4.00. The molecule has 0 saturated carbocycles. The van der Waals surface area contributed by atoms with Gasteiger partial charge in [0.25, 0.3) is 11.5 Å². The lowest BCUT2D eigenvalue weighted by Crippen LogP contribution is -2.34. The average Bonchev–Trinajstić information content (AvgIpc) is 3.27. The van der Waals surface area contributed by atoms with Crippen LogP contribution in [0.2, 0.25) is 0 Å². The molecular formula is C22H23N3O4. The summed E-state index contributed by atoms with van der Waals surface area (Å²) in [4.78, 5) is 25.9. The topological polar surface area (TPSA) is 82.5 Å². The predicted molar refractivity (Wildman–Crippen MR) is 110 cm³/mol. The number of rotatable bonds is 6. The predicted octanol–water partition coefficient (Wildman–Crippen LogP) is 2.69. The molecule has 4 rings (SSSR count). The summed E-state index contributed by atoms with van der Waals surface area (Å²) in [6, 6.07) is 14.1. The Morgan fingerprint density at radius 2 is 1.97 bits per heavy atom. The molecule has 7 heteroatoms. The number of hydrogen-bond acceptors (Lipinski definition) is 5. The van der Waals surface area contributed by atoms with Gasteiger partial charge in [0.1, 0.15) is 5.75 Å². The molecule has 2 aromatic carbocycles. The van der Waals surface area contributed by atoms with Gasteiger partial charge in [-0.15, -0.1) is 0 Å². The van der Waals surface area contributed by atoms with Gasteiger partial charge in [0, 0.05) is 18.5 Å². The van der Waals surface area contributed by atoms with E-state index in [1.54, 1.807) is 48.5 Å². The van der Waals surface area contributed by atoms with Crippen LogP contribution in [0.15, 0.2) is 53.3 Å². The standard InChI is InChI=1S/C22H23N3O4/c1-2-28-16-11-9-15(10-12-16)25-22(27)19-8-4-3-7-18(19)20(24-25)21(26)23-14-17-6-5-13-29-17/h3-4,7-12,17H,2,5-6,13-14H2,1H3,(H,23,26). The van der Waals surface area contributed by atoms with Crippen molar-refractivity contribution in [2.24, 2.45) is 0 Å². The first-order chi connectivity index (χ1) is 14.2. The fourth-order valence-corrected chi connectivity index (χ4v) is 3.48. The van der Waals surface area contributed by atoms with Crippen molar-refractivity contribution in [3.63, 3.8) is 0 Å². The minimum absolute atomic E-state index is 0.0298. The van der Waals surface area contributed by atoms with Gasteiger partial charge in [0.2, 0.25) is 0 Å². The van der Waals surface area contributed by atoms with Gasteiger partial charge in [-0.3, -0.25) is 9.59 Å². The van der Waals surface area contributed by atoms with Crippen LogP contribution in [0.1, 0.15) is 30.3 Å². The van der Waals surface area contributed by atoms with Crippen molar-refractivity contribution in [2.45, 2.75) is 25.9 Å². The number of ether oxygens (including phenoxy) is 2. The Morgan fingerprint density at radius 3 is 2.66 bits per heavy atom. The van der Waals surface area contributed by atoms with E-state index >= 15 is 0 Å². The van der Waals surface area contributed by atoms with Crippen molar-refractivity contribution < 1.29 is 14.3 Å². The van der Waals surface area contributed by atoms with E-state index in [1.807, 2.05) is 6.92 Å². The molecule has 0 spiro atoms. The Balaban J connectivity index is 1.72. The number of carbonyl (C=O) groups is 1. The van der Waals surface area contributed by atoms with Crippen LogP contribution in [0.3, 0.4) is 0 Å². The maximum Gasteiger partial charge on any atom is 0.279 e. The Kier molecular flexibility index (Phi) is 5.57. The van der Waals surface area contributed by atoms with Gasteiger partial charge in [-0.25, -0.2) is 0 Å². The van der Waals surface area contributed by atoms with Crippen molar-refractivity contribution in [3.8, 4) is 11.4 Å². The third-order valence-electron chi connectivity index (χ3n) is 4.93. The lowest BCUT2D eigenvalue weighted by atomic mass is 10.1. The van der Waals surface area contributed by atoms with Crippen LogP contribution in [-0.4, -0.2) is 41.6 Å². The van der Waals surface area contributed by atoms with Gasteiger partial charge in [-0.1, -0.05) is 18.2 Å². The molecule has 0 bridgehead atoms. The first-order valence-corrected chi connectivity index (χ1v) is 9.82. The third-order valence-corrected chi connectivity index (χ3v) is 4.93. The maximum atomic E-state index is 13.0. The molecule has 7 nitrogen and oxygen atoms in total. The van der Waals surface area contributed by atoms with Crippen LogP contribution in [0.4, 0.5) is 0 Å². The molecule has 150 valence electrons. The second-order valence-corrected chi connectivity index (χ2v) is 6.88. The molecule has 1 unspecified atom stereocenters. The highest BCUT2D eigenvalue weighted by Crippen LogP contribution is 2.18. The van der Waals surface area contributed by atoms with Crippen LogP contribution in [0.25, 0.3) is 16.5 Å². The van der Waals surface area contributed by atoms with E-state index in [-0.39, 0.29) is 23.3 Å². The smallest absolute Gasteiger partial charge is 0.279 e. The molecule has 1 N–H and O–H groups in total. The number of amides is 1. The average molecular weight is 393 g/mol. The normalized spacial score (nSPS) is 16.1. The van der Waals surface area contributed by atoms with Crippen LogP contribution in [-0.2, 0) is 4.74 Å². The SMILES string of the molecule is CCOc1ccc(-n2nc(C(=O)NCC3CCCO3)c3ccccc3c2=O)cc1. The molecule has 1 amide bonds. The summed E-state index contributed by atoms with van der Waals surface area (Å²) in [7, 11) is 0. The van der Waals surface area contributed by atoms with Crippen molar-refractivity contribution in [1.82, 2.24) is 15.1 Å². The summed E-state index contributed by atoms with van der Waals surface area (Å²) < 4.78 is 12.3. The molecular weight excluding hydrogens is 370 g/mol. The van der Waals surface area contributed by atoms with Gasteiger partial charge in [0.15, 0.2) is 5.69 Å². The zero-order chi connectivity index (χ0) is 20.2. The molecule has 1 aromatic heterocycles. The molecule has 3 aromatic rings. The van der Waals surface area contributed by atoms with Crippen molar-refractivity contribution in [2.75, 3.05) is 19.8 Å². The van der Waals surface area contributed by atoms with E-state index in [9.17, 15) is 9.59 Å². The number of hydrogen-bond donors (Lipinski definition) is 1. The highest BCUT2D eigenvalue weighted by molar-refractivity contribution is 6.04. The number of benzene rings is 2. The Morgan fingerprint density at radius 1 is 1.21 bits per heavy atom. The van der Waals surface area contributed by atoms with Crippen molar-refractivity contribution >= 4 is 16.7 Å². The number of nitrogens with zero attached hydrogens (tertiary/aromatic N) is 2. The maximum absolute atomic E-state index is 13.0. The summed E-state index contributed by atoms with van der Waals surface area (Å²) in [6.45, 7) is 3.62. The summed E-state index contributed by atoms with van der Waals surface area (Å²) in [5, 5.41) is 8.27. The Hall–Kier alpha value is -3.19. The Bertz CT molecular complexity index is 1070. The highest BCUT2D eigenvalue weighted by Gasteiger charge is 2.20. The van der Waals surface area contributed by atoms with Crippen molar-refractivity contribution in [1.29, 1.82) is 0 Å². The fourth-order valence-electron chi connectivity index (χ4n) is 3.48. The van der Waals surface area contributed by atoms with E-state index < -0.39 is 0 Å². The first kappa shape index (κ1) is 19.1. The molecule has 1 aliphatic rings. The number of fused-ring (bicyclic) bond motifs is 1. The van der Waals surface area contributed by atoms with Gasteiger partial charge < -0.3 is 14.8 Å². The Labute approximate surface area is 168 Å². The monoisotopic (exact) mass is 393 g/mol. The lowest BCUT2D eigenvalue weighted by molar-refractivity contribution is 0.0854. The van der Waals surface area contributed by atoms with Gasteiger partial charge in [-0.2, -0.15) is 9.78 Å². The summed E-state index contributed by atoms with van der Waals surface area (Å²) in [6.07, 6.45) is 1.96. The van der Waals surface area contributed by atoms with E-state index in [1.165, 1.54) is 4.68 Å². The van der Waals surface area contributed by atoms with Gasteiger partial charge >= 0.3 is 0 Å². The molecule has 0 aliphatic carbocycles. The van der Waals surface area contributed by atoms with Crippen LogP contribution >= 0.6 is 0 Å². The first-order valence-electron chi connectivity index (χ1n) is 9.82. The van der Waals surface area contributed by atoms with Gasteiger partial charge in [-0.05, 0) is 50.1 Å².